The van der Waals surface area contributed by atoms with Gasteiger partial charge in [-0.05, 0) is 36.1 Å². The summed E-state index contributed by atoms with van der Waals surface area (Å²) in [6.45, 7) is 3.17. The van der Waals surface area contributed by atoms with Gasteiger partial charge in [-0.15, -0.1) is 11.3 Å². The molecule has 1 aromatic heterocycles. The van der Waals surface area contributed by atoms with Crippen LogP contribution in [-0.2, 0) is 11.3 Å². The Kier molecular flexibility index (Phi) is 5.60. The highest BCUT2D eigenvalue weighted by molar-refractivity contribution is 7.10. The van der Waals surface area contributed by atoms with Crippen molar-refractivity contribution in [1.82, 2.24) is 5.32 Å². The van der Waals surface area contributed by atoms with Crippen molar-refractivity contribution < 1.29 is 19.6 Å². The molecule has 0 spiro atoms. The summed E-state index contributed by atoms with van der Waals surface area (Å²) in [7, 11) is 0. The van der Waals surface area contributed by atoms with E-state index in [9.17, 15) is 4.79 Å². The van der Waals surface area contributed by atoms with E-state index in [1.807, 2.05) is 18.2 Å². The molecule has 6 heteroatoms. The maximum atomic E-state index is 12.4. The molecule has 144 valence electrons. The lowest BCUT2D eigenvalue weighted by atomic mass is 10.0. The van der Waals surface area contributed by atoms with Crippen LogP contribution in [0.15, 0.2) is 60.0 Å². The Morgan fingerprint density at radius 1 is 1.14 bits per heavy atom. The fourth-order valence-corrected chi connectivity index (χ4v) is 4.06. The van der Waals surface area contributed by atoms with E-state index in [1.165, 1.54) is 16.0 Å². The van der Waals surface area contributed by atoms with Crippen molar-refractivity contribution in [1.29, 1.82) is 0 Å². The molecule has 0 unspecified atom stereocenters. The fourth-order valence-electron chi connectivity index (χ4n) is 3.21. The second-order valence-electron chi connectivity index (χ2n) is 6.81. The molecular formula is C22H23N2O3S+. The Labute approximate surface area is 168 Å². The van der Waals surface area contributed by atoms with Crippen molar-refractivity contribution in [2.45, 2.75) is 19.5 Å². The predicted molar refractivity (Wildman–Crippen MR) is 109 cm³/mol. The van der Waals surface area contributed by atoms with E-state index in [-0.39, 0.29) is 18.7 Å². The van der Waals surface area contributed by atoms with Crippen LogP contribution in [0.1, 0.15) is 27.6 Å². The van der Waals surface area contributed by atoms with Gasteiger partial charge in [0.15, 0.2) is 18.0 Å². The van der Waals surface area contributed by atoms with E-state index in [1.54, 1.807) is 11.3 Å². The van der Waals surface area contributed by atoms with E-state index >= 15 is 0 Å². The number of nitrogens with one attached hydrogen (secondary N) is 1. The largest absolute Gasteiger partial charge is 0.454 e. The van der Waals surface area contributed by atoms with Gasteiger partial charge in [0, 0.05) is 12.1 Å². The van der Waals surface area contributed by atoms with Crippen LogP contribution in [0.4, 0.5) is 0 Å². The molecular weight excluding hydrogens is 372 g/mol. The first kappa shape index (κ1) is 18.5. The summed E-state index contributed by atoms with van der Waals surface area (Å²) >= 11 is 1.71. The maximum absolute atomic E-state index is 12.4. The number of carbonyl (C=O) groups is 1. The Morgan fingerprint density at radius 3 is 2.75 bits per heavy atom. The van der Waals surface area contributed by atoms with Gasteiger partial charge in [-0.1, -0.05) is 42.0 Å². The van der Waals surface area contributed by atoms with Crippen molar-refractivity contribution in [3.05, 3.63) is 81.5 Å². The molecule has 0 saturated heterocycles. The third-order valence-corrected chi connectivity index (χ3v) is 5.71. The fraction of sp³-hybridized carbons (Fsp3) is 0.227. The average Bonchev–Trinajstić information content (AvgIpc) is 3.39. The Morgan fingerprint density at radius 2 is 1.96 bits per heavy atom. The van der Waals surface area contributed by atoms with Crippen molar-refractivity contribution in [3.8, 4) is 11.5 Å². The number of fused-ring (bicyclic) bond motifs is 1. The normalized spacial score (nSPS) is 13.3. The topological polar surface area (TPSA) is 64.2 Å². The van der Waals surface area contributed by atoms with Gasteiger partial charge in [-0.25, -0.2) is 0 Å². The molecule has 5 nitrogen and oxygen atoms in total. The van der Waals surface area contributed by atoms with Crippen LogP contribution in [0.3, 0.4) is 0 Å². The average molecular weight is 396 g/mol. The molecule has 0 bridgehead atoms. The van der Waals surface area contributed by atoms with Crippen molar-refractivity contribution in [2.75, 3.05) is 13.3 Å². The van der Waals surface area contributed by atoms with E-state index in [4.69, 9.17) is 9.47 Å². The summed E-state index contributed by atoms with van der Waals surface area (Å²) in [5, 5.41) is 7.15. The Bertz CT molecular complexity index is 939. The first-order valence-corrected chi connectivity index (χ1v) is 10.2. The highest BCUT2D eigenvalue weighted by Crippen LogP contribution is 2.32. The van der Waals surface area contributed by atoms with Crippen molar-refractivity contribution in [3.63, 3.8) is 0 Å². The molecule has 1 atom stereocenters. The molecule has 0 radical (unpaired) electrons. The van der Waals surface area contributed by atoms with E-state index in [0.717, 1.165) is 17.1 Å². The zero-order valence-electron chi connectivity index (χ0n) is 15.7. The molecule has 1 amide bonds. The maximum Gasteiger partial charge on any atom is 0.275 e. The van der Waals surface area contributed by atoms with Gasteiger partial charge in [-0.3, -0.25) is 4.79 Å². The molecule has 0 aliphatic carbocycles. The van der Waals surface area contributed by atoms with Crippen LogP contribution in [-0.4, -0.2) is 19.2 Å². The molecule has 0 fully saturated rings. The number of benzene rings is 2. The lowest BCUT2D eigenvalue weighted by Crippen LogP contribution is -2.87. The number of quaternary nitrogens is 1. The number of aryl methyl sites for hydroxylation is 1. The summed E-state index contributed by atoms with van der Waals surface area (Å²) in [5.41, 5.74) is 3.43. The van der Waals surface area contributed by atoms with E-state index in [0.29, 0.717) is 13.1 Å². The predicted octanol–water partition coefficient (Wildman–Crippen LogP) is 2.75. The van der Waals surface area contributed by atoms with Gasteiger partial charge in [0.05, 0.1) is 4.88 Å². The number of nitrogens with two attached hydrogens (primary N) is 1. The monoisotopic (exact) mass is 395 g/mol. The summed E-state index contributed by atoms with van der Waals surface area (Å²) in [5.74, 6) is 1.49. The molecule has 0 saturated carbocycles. The molecule has 4 rings (SSSR count). The Hall–Kier alpha value is -2.83. The minimum absolute atomic E-state index is 0.00587. The zero-order valence-corrected chi connectivity index (χ0v) is 16.5. The summed E-state index contributed by atoms with van der Waals surface area (Å²) in [4.78, 5) is 13.7. The highest BCUT2D eigenvalue weighted by atomic mass is 32.1. The van der Waals surface area contributed by atoms with E-state index in [2.05, 4.69) is 59.3 Å². The number of amides is 1. The van der Waals surface area contributed by atoms with Crippen LogP contribution in [0.2, 0.25) is 0 Å². The molecule has 28 heavy (non-hydrogen) atoms. The quantitative estimate of drug-likeness (QED) is 0.647. The van der Waals surface area contributed by atoms with Gasteiger partial charge in [-0.2, -0.15) is 0 Å². The number of rotatable bonds is 7. The molecule has 1 aliphatic heterocycles. The standard InChI is InChI=1S/C22H22N2O3S/c1-15-4-7-17(8-5-15)22(20-3-2-10-28-20)24-13-21(25)23-12-16-6-9-18-19(11-16)27-14-26-18/h2-11,22,24H,12-14H2,1H3,(H,23,25)/p+1/t22-/m0/s1. The summed E-state index contributed by atoms with van der Waals surface area (Å²) < 4.78 is 10.7. The van der Waals surface area contributed by atoms with Crippen LogP contribution >= 0.6 is 11.3 Å². The Balaban J connectivity index is 1.35. The second kappa shape index (κ2) is 8.46. The van der Waals surface area contributed by atoms with Crippen LogP contribution < -0.4 is 20.1 Å². The minimum atomic E-state index is 0.00587. The third kappa shape index (κ3) is 4.35. The van der Waals surface area contributed by atoms with Crippen LogP contribution in [0, 0.1) is 6.92 Å². The zero-order chi connectivity index (χ0) is 19.3. The van der Waals surface area contributed by atoms with Gasteiger partial charge >= 0.3 is 0 Å². The molecule has 3 aromatic rings. The first-order chi connectivity index (χ1) is 13.7. The van der Waals surface area contributed by atoms with Crippen molar-refractivity contribution in [2.24, 2.45) is 0 Å². The highest BCUT2D eigenvalue weighted by Gasteiger charge is 2.20. The SMILES string of the molecule is Cc1ccc([C@H]([NH2+]CC(=O)NCc2ccc3c(c2)OCO3)c2cccs2)cc1. The third-order valence-electron chi connectivity index (χ3n) is 4.75. The van der Waals surface area contributed by atoms with Gasteiger partial charge in [0.25, 0.3) is 5.91 Å². The number of thiophene rings is 1. The van der Waals surface area contributed by atoms with Gasteiger partial charge in [0.2, 0.25) is 6.79 Å². The molecule has 3 N–H and O–H groups in total. The molecule has 2 heterocycles. The van der Waals surface area contributed by atoms with Crippen molar-refractivity contribution >= 4 is 17.2 Å². The molecule has 1 aliphatic rings. The number of hydrogen-bond donors (Lipinski definition) is 2. The summed E-state index contributed by atoms with van der Waals surface area (Å²) in [6.07, 6.45) is 0. The summed E-state index contributed by atoms with van der Waals surface area (Å²) in [6, 6.07) is 18.5. The smallest absolute Gasteiger partial charge is 0.275 e. The second-order valence-corrected chi connectivity index (χ2v) is 7.79. The number of ether oxygens (including phenoxy) is 2. The van der Waals surface area contributed by atoms with Gasteiger partial charge < -0.3 is 20.1 Å². The van der Waals surface area contributed by atoms with E-state index < -0.39 is 0 Å². The number of hydrogen-bond acceptors (Lipinski definition) is 4. The molecule has 2 aromatic carbocycles. The first-order valence-electron chi connectivity index (χ1n) is 9.27. The minimum Gasteiger partial charge on any atom is -0.454 e. The number of carbonyl (C=O) groups excluding carboxylic acids is 1. The van der Waals surface area contributed by atoms with Crippen LogP contribution in [0.25, 0.3) is 0 Å². The van der Waals surface area contributed by atoms with Crippen LogP contribution in [0.5, 0.6) is 11.5 Å². The lowest BCUT2D eigenvalue weighted by Gasteiger charge is -2.15. The lowest BCUT2D eigenvalue weighted by molar-refractivity contribution is -0.676. The van der Waals surface area contributed by atoms with Gasteiger partial charge in [0.1, 0.15) is 6.04 Å².